The van der Waals surface area contributed by atoms with Crippen LogP contribution in [0.5, 0.6) is 0 Å². The van der Waals surface area contributed by atoms with E-state index < -0.39 is 0 Å². The summed E-state index contributed by atoms with van der Waals surface area (Å²) in [5.74, 6) is 1.25. The molecule has 1 aromatic heterocycles. The Morgan fingerprint density at radius 3 is 2.86 bits per heavy atom. The van der Waals surface area contributed by atoms with E-state index in [4.69, 9.17) is 0 Å². The minimum Gasteiger partial charge on any atom is -0.374 e. The van der Waals surface area contributed by atoms with Gasteiger partial charge in [-0.15, -0.1) is 6.58 Å². The molecule has 1 amide bonds. The van der Waals surface area contributed by atoms with Crippen molar-refractivity contribution in [2.45, 2.75) is 13.5 Å². The van der Waals surface area contributed by atoms with E-state index in [0.29, 0.717) is 23.7 Å². The molecule has 0 aliphatic carbocycles. The van der Waals surface area contributed by atoms with Crippen LogP contribution in [-0.2, 0) is 6.54 Å². The number of pyridine rings is 1. The lowest BCUT2D eigenvalue weighted by atomic mass is 9.88. The van der Waals surface area contributed by atoms with Crippen LogP contribution in [0.1, 0.15) is 28.4 Å². The van der Waals surface area contributed by atoms with E-state index in [2.05, 4.69) is 46.0 Å². The number of allylic oxidation sites excluding steroid dienone is 3. The van der Waals surface area contributed by atoms with Crippen LogP contribution in [0.15, 0.2) is 72.7 Å². The number of carbonyl (C=O) groups excluding carboxylic acids is 1. The van der Waals surface area contributed by atoms with Crippen molar-refractivity contribution in [2.75, 3.05) is 12.4 Å². The third kappa shape index (κ3) is 4.43. The fourth-order valence-corrected chi connectivity index (χ4v) is 3.18. The maximum atomic E-state index is 12.6. The number of rotatable bonds is 8. The predicted molar refractivity (Wildman–Crippen MR) is 119 cm³/mol. The fraction of sp³-hybridized carbons (Fsp3) is 0.174. The molecule has 0 radical (unpaired) electrons. The van der Waals surface area contributed by atoms with Crippen molar-refractivity contribution in [3.8, 4) is 0 Å². The van der Waals surface area contributed by atoms with Crippen LogP contribution in [0.4, 0.5) is 11.5 Å². The molecule has 6 heteroatoms. The quantitative estimate of drug-likeness (QED) is 0.472. The molecule has 0 bridgehead atoms. The molecule has 1 aromatic carbocycles. The fourth-order valence-electron chi connectivity index (χ4n) is 3.18. The molecule has 0 fully saturated rings. The number of hydrogen-bond donors (Lipinski definition) is 3. The monoisotopic (exact) mass is 387 g/mol. The Bertz CT molecular complexity index is 992. The molecule has 29 heavy (non-hydrogen) atoms. The molecule has 1 unspecified atom stereocenters. The number of anilines is 2. The van der Waals surface area contributed by atoms with Gasteiger partial charge in [-0.05, 0) is 46.9 Å². The van der Waals surface area contributed by atoms with Crippen molar-refractivity contribution < 1.29 is 4.79 Å². The second-order valence-electron chi connectivity index (χ2n) is 6.66. The summed E-state index contributed by atoms with van der Waals surface area (Å²) in [7, 11) is 1.77. The Morgan fingerprint density at radius 2 is 2.17 bits per heavy atom. The Hall–Kier alpha value is -3.67. The van der Waals surface area contributed by atoms with Crippen molar-refractivity contribution in [1.82, 2.24) is 15.6 Å². The third-order valence-corrected chi connectivity index (χ3v) is 4.82. The van der Waals surface area contributed by atoms with E-state index >= 15 is 0 Å². The molecule has 0 spiro atoms. The molecule has 6 nitrogen and oxygen atoms in total. The number of aliphatic imine (C=N–C) groups is 1. The summed E-state index contributed by atoms with van der Waals surface area (Å²) in [6, 6.07) is 9.56. The number of hydrogen-bond acceptors (Lipinski definition) is 5. The van der Waals surface area contributed by atoms with Gasteiger partial charge in [-0.25, -0.2) is 9.98 Å². The van der Waals surface area contributed by atoms with E-state index in [-0.39, 0.29) is 11.8 Å². The minimum atomic E-state index is -0.0943. The zero-order chi connectivity index (χ0) is 20.8. The molecule has 3 rings (SSSR count). The van der Waals surface area contributed by atoms with Crippen LogP contribution < -0.4 is 16.0 Å². The van der Waals surface area contributed by atoms with Crippen LogP contribution in [0, 0.1) is 5.92 Å². The molecule has 0 saturated heterocycles. The number of benzene rings is 1. The molecule has 1 aliphatic heterocycles. The van der Waals surface area contributed by atoms with Gasteiger partial charge in [0.25, 0.3) is 5.91 Å². The van der Waals surface area contributed by atoms with Crippen molar-refractivity contribution in [1.29, 1.82) is 0 Å². The highest BCUT2D eigenvalue weighted by Gasteiger charge is 2.27. The number of aromatic nitrogens is 1. The first-order chi connectivity index (χ1) is 14.0. The Kier molecular flexibility index (Phi) is 6.24. The van der Waals surface area contributed by atoms with Gasteiger partial charge in [-0.2, -0.15) is 0 Å². The minimum absolute atomic E-state index is 0.0821. The molecular formula is C23H25N5O. The second-order valence-corrected chi connectivity index (χ2v) is 6.66. The maximum Gasteiger partial charge on any atom is 0.254 e. The van der Waals surface area contributed by atoms with Crippen molar-refractivity contribution >= 4 is 29.2 Å². The van der Waals surface area contributed by atoms with Crippen molar-refractivity contribution in [2.24, 2.45) is 10.9 Å². The summed E-state index contributed by atoms with van der Waals surface area (Å²) in [6.07, 6.45) is 7.25. The highest BCUT2D eigenvalue weighted by atomic mass is 16.1. The van der Waals surface area contributed by atoms with Gasteiger partial charge in [-0.3, -0.25) is 4.79 Å². The molecule has 2 heterocycles. The molecule has 1 aliphatic rings. The van der Waals surface area contributed by atoms with Crippen molar-refractivity contribution in [3.05, 3.63) is 84.3 Å². The third-order valence-electron chi connectivity index (χ3n) is 4.82. The van der Waals surface area contributed by atoms with Gasteiger partial charge >= 0.3 is 0 Å². The zero-order valence-corrected chi connectivity index (χ0v) is 16.7. The van der Waals surface area contributed by atoms with Crippen LogP contribution in [0.2, 0.25) is 0 Å². The van der Waals surface area contributed by atoms with E-state index in [1.54, 1.807) is 19.5 Å². The van der Waals surface area contributed by atoms with Gasteiger partial charge in [0.05, 0.1) is 11.3 Å². The first-order valence-corrected chi connectivity index (χ1v) is 9.41. The van der Waals surface area contributed by atoms with Crippen LogP contribution in [-0.4, -0.2) is 24.2 Å². The lowest BCUT2D eigenvalue weighted by molar-refractivity contribution is 0.0966. The summed E-state index contributed by atoms with van der Waals surface area (Å²) in [5, 5.41) is 9.08. The average Bonchev–Trinajstić information content (AvgIpc) is 3.14. The van der Waals surface area contributed by atoms with Gasteiger partial charge in [0, 0.05) is 26.0 Å². The number of nitrogens with zero attached hydrogens (tertiary/aromatic N) is 2. The normalized spacial score (nSPS) is 14.3. The Morgan fingerprint density at radius 1 is 1.34 bits per heavy atom. The van der Waals surface area contributed by atoms with E-state index in [0.717, 1.165) is 22.4 Å². The molecular weight excluding hydrogens is 362 g/mol. The molecule has 148 valence electrons. The van der Waals surface area contributed by atoms with Gasteiger partial charge in [0.2, 0.25) is 0 Å². The summed E-state index contributed by atoms with van der Waals surface area (Å²) in [4.78, 5) is 21.1. The highest BCUT2D eigenvalue weighted by Crippen LogP contribution is 2.35. The van der Waals surface area contributed by atoms with Crippen LogP contribution in [0.3, 0.4) is 0 Å². The average molecular weight is 387 g/mol. The van der Waals surface area contributed by atoms with E-state index in [9.17, 15) is 4.79 Å². The predicted octanol–water partition coefficient (Wildman–Crippen LogP) is 4.04. The number of fused-ring (bicyclic) bond motifs is 1. The first-order valence-electron chi connectivity index (χ1n) is 9.41. The largest absolute Gasteiger partial charge is 0.374 e. The van der Waals surface area contributed by atoms with Gasteiger partial charge in [0.1, 0.15) is 11.6 Å². The van der Waals surface area contributed by atoms with Crippen LogP contribution >= 0.6 is 0 Å². The lowest BCUT2D eigenvalue weighted by Gasteiger charge is -2.17. The second kappa shape index (κ2) is 9.01. The van der Waals surface area contributed by atoms with Crippen LogP contribution in [0.25, 0.3) is 5.57 Å². The molecule has 3 N–H and O–H groups in total. The molecule has 2 aromatic rings. The summed E-state index contributed by atoms with van der Waals surface area (Å²) < 4.78 is 0. The zero-order valence-electron chi connectivity index (χ0n) is 16.7. The summed E-state index contributed by atoms with van der Waals surface area (Å²) >= 11 is 0. The molecule has 1 atom stereocenters. The van der Waals surface area contributed by atoms with Gasteiger partial charge in [-0.1, -0.05) is 31.7 Å². The van der Waals surface area contributed by atoms with Crippen molar-refractivity contribution in [3.63, 3.8) is 0 Å². The first kappa shape index (κ1) is 20.1. The Labute approximate surface area is 171 Å². The number of nitrogens with one attached hydrogen (secondary N) is 3. The Balaban J connectivity index is 2.05. The van der Waals surface area contributed by atoms with Gasteiger partial charge in [0.15, 0.2) is 0 Å². The smallest absolute Gasteiger partial charge is 0.254 e. The van der Waals surface area contributed by atoms with E-state index in [1.807, 2.05) is 42.5 Å². The number of carbonyl (C=O) groups is 1. The number of amides is 1. The maximum absolute atomic E-state index is 12.6. The SMILES string of the molecule is C=CC(C)/C(=C\C=N/C(=C)NC)c1ccc(Nc2ccccn2)c2c1CNC2=O. The molecule has 0 saturated carbocycles. The van der Waals surface area contributed by atoms with Gasteiger partial charge < -0.3 is 16.0 Å². The topological polar surface area (TPSA) is 78.4 Å². The van der Waals surface area contributed by atoms with E-state index in [1.165, 1.54) is 0 Å². The lowest BCUT2D eigenvalue weighted by Crippen LogP contribution is -2.13. The summed E-state index contributed by atoms with van der Waals surface area (Å²) in [6.45, 7) is 10.3. The standard InChI is InChI=1S/C23H25N5O/c1-5-15(2)17(11-13-25-16(3)24-4)18-9-10-20(22-19(18)14-27-23(22)29)28-21-8-6-7-12-26-21/h5-13,15,24H,1,3,14H2,2,4H3,(H,26,28)(H,27,29)/b17-11+,25-13-. The highest BCUT2D eigenvalue weighted by molar-refractivity contribution is 6.06. The summed E-state index contributed by atoms with van der Waals surface area (Å²) in [5.41, 5.74) is 4.37.